The lowest BCUT2D eigenvalue weighted by Gasteiger charge is -2.18. The number of ether oxygens (including phenoxy) is 1. The van der Waals surface area contributed by atoms with Crippen LogP contribution in [0.5, 0.6) is 0 Å². The maximum Gasteiger partial charge on any atom is 0.293 e. The second-order valence-corrected chi connectivity index (χ2v) is 2.80. The summed E-state index contributed by atoms with van der Waals surface area (Å²) in [5.74, 6) is -0.0520. The summed E-state index contributed by atoms with van der Waals surface area (Å²) in [6.07, 6.45) is 2.92. The van der Waals surface area contributed by atoms with E-state index >= 15 is 0 Å². The van der Waals surface area contributed by atoms with Crippen molar-refractivity contribution in [2.24, 2.45) is 0 Å². The van der Waals surface area contributed by atoms with Crippen LogP contribution in [0.15, 0.2) is 12.7 Å². The number of rotatable bonds is 8. The van der Waals surface area contributed by atoms with Crippen molar-refractivity contribution in [3.05, 3.63) is 12.7 Å². The quantitative estimate of drug-likeness (QED) is 0.332. The Bertz CT molecular complexity index is 192. The Morgan fingerprint density at radius 3 is 2.71 bits per heavy atom. The van der Waals surface area contributed by atoms with Gasteiger partial charge in [-0.25, -0.2) is 0 Å². The number of carbonyl (C=O) groups excluding carboxylic acids is 2. The number of nitrogens with zero attached hydrogens (tertiary/aromatic N) is 1. The second-order valence-electron chi connectivity index (χ2n) is 2.80. The topological polar surface area (TPSA) is 46.6 Å². The third-order valence-electron chi connectivity index (χ3n) is 1.88. The van der Waals surface area contributed by atoms with Crippen LogP contribution in [0, 0.1) is 0 Å². The summed E-state index contributed by atoms with van der Waals surface area (Å²) >= 11 is 0. The molecule has 0 radical (unpaired) electrons. The van der Waals surface area contributed by atoms with Crippen molar-refractivity contribution in [3.63, 3.8) is 0 Å². The van der Waals surface area contributed by atoms with Crippen molar-refractivity contribution in [1.82, 2.24) is 4.90 Å². The van der Waals surface area contributed by atoms with Crippen molar-refractivity contribution in [2.75, 3.05) is 19.7 Å². The van der Waals surface area contributed by atoms with E-state index in [1.807, 2.05) is 6.92 Å². The van der Waals surface area contributed by atoms with Gasteiger partial charge in [0, 0.05) is 13.1 Å². The fraction of sp³-hybridized carbons (Fsp3) is 0.600. The van der Waals surface area contributed by atoms with Crippen molar-refractivity contribution in [3.8, 4) is 0 Å². The Morgan fingerprint density at radius 1 is 1.50 bits per heavy atom. The van der Waals surface area contributed by atoms with E-state index < -0.39 is 0 Å². The van der Waals surface area contributed by atoms with Gasteiger partial charge in [0.1, 0.15) is 0 Å². The fourth-order valence-corrected chi connectivity index (χ4v) is 1.09. The van der Waals surface area contributed by atoms with Crippen molar-refractivity contribution in [2.45, 2.75) is 19.8 Å². The average molecular weight is 199 g/mol. The Labute approximate surface area is 84.5 Å². The second kappa shape index (κ2) is 8.29. The van der Waals surface area contributed by atoms with E-state index in [0.29, 0.717) is 26.2 Å². The Morgan fingerprint density at radius 2 is 2.21 bits per heavy atom. The summed E-state index contributed by atoms with van der Waals surface area (Å²) in [7, 11) is 0. The van der Waals surface area contributed by atoms with E-state index in [4.69, 9.17) is 0 Å². The summed E-state index contributed by atoms with van der Waals surface area (Å²) in [6, 6.07) is 0. The minimum absolute atomic E-state index is 0.0520. The molecule has 0 aliphatic heterocycles. The van der Waals surface area contributed by atoms with Crippen LogP contribution < -0.4 is 0 Å². The van der Waals surface area contributed by atoms with Gasteiger partial charge in [0.15, 0.2) is 0 Å². The van der Waals surface area contributed by atoms with Gasteiger partial charge in [-0.05, 0) is 25.8 Å². The molecule has 4 heteroatoms. The standard InChI is InChI=1S/C10H17NO3/c1-3-10(13)11(4-2)7-5-6-8-14-9-12/h3,9H,1,4-8H2,2H3. The molecule has 0 aromatic carbocycles. The molecule has 0 heterocycles. The molecule has 1 amide bonds. The van der Waals surface area contributed by atoms with Crippen LogP contribution >= 0.6 is 0 Å². The zero-order chi connectivity index (χ0) is 10.8. The molecule has 0 saturated carbocycles. The molecular formula is C10H17NO3. The van der Waals surface area contributed by atoms with Gasteiger partial charge in [-0.15, -0.1) is 0 Å². The molecule has 0 N–H and O–H groups in total. The Balaban J connectivity index is 3.57. The highest BCUT2D eigenvalue weighted by Gasteiger charge is 2.05. The summed E-state index contributed by atoms with van der Waals surface area (Å²) < 4.78 is 4.53. The third kappa shape index (κ3) is 5.35. The molecule has 0 fully saturated rings. The van der Waals surface area contributed by atoms with E-state index in [1.165, 1.54) is 6.08 Å². The molecule has 0 aliphatic carbocycles. The highest BCUT2D eigenvalue weighted by atomic mass is 16.5. The number of hydrogen-bond acceptors (Lipinski definition) is 3. The molecule has 80 valence electrons. The third-order valence-corrected chi connectivity index (χ3v) is 1.88. The smallest absolute Gasteiger partial charge is 0.293 e. The summed E-state index contributed by atoms with van der Waals surface area (Å²) in [6.45, 7) is 7.57. The summed E-state index contributed by atoms with van der Waals surface area (Å²) in [4.78, 5) is 22.7. The van der Waals surface area contributed by atoms with Gasteiger partial charge < -0.3 is 9.64 Å². The molecule has 0 unspecified atom stereocenters. The van der Waals surface area contributed by atoms with Gasteiger partial charge in [0.05, 0.1) is 6.61 Å². The lowest BCUT2D eigenvalue weighted by Crippen LogP contribution is -2.30. The molecule has 0 saturated heterocycles. The number of hydrogen-bond donors (Lipinski definition) is 0. The first kappa shape index (κ1) is 12.7. The Hall–Kier alpha value is -1.32. The van der Waals surface area contributed by atoms with Gasteiger partial charge in [0.2, 0.25) is 5.91 Å². The van der Waals surface area contributed by atoms with Crippen LogP contribution in [0.4, 0.5) is 0 Å². The monoisotopic (exact) mass is 199 g/mol. The van der Waals surface area contributed by atoms with E-state index in [1.54, 1.807) is 4.90 Å². The normalized spacial score (nSPS) is 9.21. The number of carbonyl (C=O) groups is 2. The van der Waals surface area contributed by atoms with E-state index in [2.05, 4.69) is 11.3 Å². The molecule has 14 heavy (non-hydrogen) atoms. The van der Waals surface area contributed by atoms with Crippen LogP contribution in [0.2, 0.25) is 0 Å². The minimum Gasteiger partial charge on any atom is -0.468 e. The largest absolute Gasteiger partial charge is 0.468 e. The van der Waals surface area contributed by atoms with Gasteiger partial charge in [-0.2, -0.15) is 0 Å². The highest BCUT2D eigenvalue weighted by Crippen LogP contribution is 1.96. The lowest BCUT2D eigenvalue weighted by molar-refractivity contribution is -0.129. The van der Waals surface area contributed by atoms with Crippen LogP contribution in [-0.2, 0) is 14.3 Å². The fourth-order valence-electron chi connectivity index (χ4n) is 1.09. The van der Waals surface area contributed by atoms with Crippen LogP contribution in [0.3, 0.4) is 0 Å². The molecule has 0 aliphatic rings. The first-order valence-electron chi connectivity index (χ1n) is 4.72. The van der Waals surface area contributed by atoms with Crippen LogP contribution in [0.1, 0.15) is 19.8 Å². The maximum absolute atomic E-state index is 11.2. The molecule has 0 aromatic heterocycles. The van der Waals surface area contributed by atoms with Gasteiger partial charge in [0.25, 0.3) is 6.47 Å². The summed E-state index contributed by atoms with van der Waals surface area (Å²) in [5.41, 5.74) is 0. The zero-order valence-electron chi connectivity index (χ0n) is 8.57. The molecular weight excluding hydrogens is 182 g/mol. The minimum atomic E-state index is -0.0520. The molecule has 0 bridgehead atoms. The van der Waals surface area contributed by atoms with Gasteiger partial charge in [-0.1, -0.05) is 6.58 Å². The SMILES string of the molecule is C=CC(=O)N(CC)CCCCOC=O. The van der Waals surface area contributed by atoms with Crippen LogP contribution in [0.25, 0.3) is 0 Å². The molecule has 0 aromatic rings. The first-order valence-corrected chi connectivity index (χ1v) is 4.72. The predicted molar refractivity (Wildman–Crippen MR) is 53.7 cm³/mol. The van der Waals surface area contributed by atoms with Gasteiger partial charge >= 0.3 is 0 Å². The van der Waals surface area contributed by atoms with E-state index in [9.17, 15) is 9.59 Å². The van der Waals surface area contributed by atoms with Gasteiger partial charge in [-0.3, -0.25) is 9.59 Å². The predicted octanol–water partition coefficient (Wildman–Crippen LogP) is 0.974. The van der Waals surface area contributed by atoms with E-state index in [-0.39, 0.29) is 5.91 Å². The average Bonchev–Trinajstić information content (AvgIpc) is 2.22. The number of amides is 1. The molecule has 0 spiro atoms. The Kier molecular flexibility index (Phi) is 7.50. The van der Waals surface area contributed by atoms with E-state index in [0.717, 1.165) is 12.8 Å². The van der Waals surface area contributed by atoms with Crippen LogP contribution in [-0.4, -0.2) is 37.0 Å². The van der Waals surface area contributed by atoms with Crippen molar-refractivity contribution in [1.29, 1.82) is 0 Å². The first-order chi connectivity index (χ1) is 6.76. The highest BCUT2D eigenvalue weighted by molar-refractivity contribution is 5.86. The molecule has 0 atom stereocenters. The van der Waals surface area contributed by atoms with Crippen molar-refractivity contribution < 1.29 is 14.3 Å². The number of likely N-dealkylation sites (N-methyl/N-ethyl adjacent to an activating group) is 1. The van der Waals surface area contributed by atoms with Crippen molar-refractivity contribution >= 4 is 12.4 Å². The summed E-state index contributed by atoms with van der Waals surface area (Å²) in [5, 5.41) is 0. The lowest BCUT2D eigenvalue weighted by atomic mass is 10.3. The zero-order valence-corrected chi connectivity index (χ0v) is 8.57. The molecule has 4 nitrogen and oxygen atoms in total. The maximum atomic E-state index is 11.2. The molecule has 0 rings (SSSR count). The number of unbranched alkanes of at least 4 members (excludes halogenated alkanes) is 1.